The minimum Gasteiger partial charge on any atom is -0.338 e. The lowest BCUT2D eigenvalue weighted by Crippen LogP contribution is -2.43. The molecule has 0 saturated heterocycles. The SMILES string of the molecule is Cn1cc(-c2nc3n(c2-c2ccc(C4(N)CCC4)cc2)-c2cccnc2Nc2ccccc2-3)cn1. The molecule has 2 aliphatic rings. The zero-order chi connectivity index (χ0) is 23.6. The summed E-state index contributed by atoms with van der Waals surface area (Å²) in [5.74, 6) is 1.66. The first-order valence-electron chi connectivity index (χ1n) is 11.9. The molecule has 0 bridgehead atoms. The topological polar surface area (TPSA) is 86.6 Å². The number of hydrogen-bond acceptors (Lipinski definition) is 5. The summed E-state index contributed by atoms with van der Waals surface area (Å²) in [5.41, 5.74) is 14.5. The van der Waals surface area contributed by atoms with Crippen LogP contribution in [0.1, 0.15) is 24.8 Å². The molecular weight excluding hydrogens is 434 g/mol. The second-order valence-electron chi connectivity index (χ2n) is 9.50. The molecule has 3 aromatic heterocycles. The number of imidazole rings is 1. The molecule has 172 valence electrons. The largest absolute Gasteiger partial charge is 0.338 e. The van der Waals surface area contributed by atoms with Gasteiger partial charge in [-0.25, -0.2) is 9.97 Å². The molecule has 1 aliphatic carbocycles. The molecule has 7 rings (SSSR count). The van der Waals surface area contributed by atoms with E-state index >= 15 is 0 Å². The molecule has 0 atom stereocenters. The Labute approximate surface area is 203 Å². The third-order valence-corrected chi connectivity index (χ3v) is 7.28. The second kappa shape index (κ2) is 7.38. The lowest BCUT2D eigenvalue weighted by atomic mass is 9.72. The number of hydrogen-bond donors (Lipinski definition) is 2. The number of nitrogens with zero attached hydrogens (tertiary/aromatic N) is 5. The smallest absolute Gasteiger partial charge is 0.154 e. The molecule has 7 nitrogen and oxygen atoms in total. The van der Waals surface area contributed by atoms with Crippen molar-refractivity contribution in [3.8, 4) is 39.6 Å². The molecule has 1 fully saturated rings. The summed E-state index contributed by atoms with van der Waals surface area (Å²) in [6, 6.07) is 21.0. The fraction of sp³-hybridized carbons (Fsp3) is 0.179. The van der Waals surface area contributed by atoms with Crippen LogP contribution in [0.3, 0.4) is 0 Å². The Morgan fingerprint density at radius 2 is 1.80 bits per heavy atom. The van der Waals surface area contributed by atoms with E-state index in [9.17, 15) is 0 Å². The summed E-state index contributed by atoms with van der Waals surface area (Å²) in [6.45, 7) is 0. The lowest BCUT2D eigenvalue weighted by Gasteiger charge is -2.38. The van der Waals surface area contributed by atoms with Crippen LogP contribution in [-0.4, -0.2) is 24.3 Å². The van der Waals surface area contributed by atoms with Crippen molar-refractivity contribution in [3.05, 3.63) is 84.8 Å². The first-order valence-corrected chi connectivity index (χ1v) is 11.9. The van der Waals surface area contributed by atoms with Crippen molar-refractivity contribution >= 4 is 11.5 Å². The van der Waals surface area contributed by atoms with Crippen molar-refractivity contribution < 1.29 is 0 Å². The van der Waals surface area contributed by atoms with Gasteiger partial charge in [0, 0.05) is 41.7 Å². The molecule has 2 aromatic carbocycles. The Hall–Kier alpha value is -4.23. The van der Waals surface area contributed by atoms with Gasteiger partial charge < -0.3 is 11.1 Å². The number of benzene rings is 2. The molecule has 4 heterocycles. The van der Waals surface area contributed by atoms with Gasteiger partial charge in [0.2, 0.25) is 0 Å². The van der Waals surface area contributed by atoms with Crippen LogP contribution < -0.4 is 11.1 Å². The van der Waals surface area contributed by atoms with Crippen LogP contribution in [0.2, 0.25) is 0 Å². The highest BCUT2D eigenvalue weighted by molar-refractivity contribution is 5.90. The first kappa shape index (κ1) is 20.2. The molecule has 1 saturated carbocycles. The number of nitrogens with one attached hydrogen (secondary N) is 1. The van der Waals surface area contributed by atoms with Gasteiger partial charge in [-0.1, -0.05) is 36.4 Å². The quantitative estimate of drug-likeness (QED) is 0.370. The highest BCUT2D eigenvalue weighted by Crippen LogP contribution is 2.45. The number of pyridine rings is 1. The highest BCUT2D eigenvalue weighted by Gasteiger charge is 2.34. The van der Waals surface area contributed by atoms with Gasteiger partial charge in [-0.15, -0.1) is 0 Å². The van der Waals surface area contributed by atoms with Crippen LogP contribution in [0.15, 0.2) is 79.3 Å². The van der Waals surface area contributed by atoms with Gasteiger partial charge in [0.15, 0.2) is 5.82 Å². The third kappa shape index (κ3) is 3.05. The Morgan fingerprint density at radius 3 is 2.54 bits per heavy atom. The van der Waals surface area contributed by atoms with Gasteiger partial charge in [0.1, 0.15) is 11.5 Å². The number of rotatable bonds is 3. The Balaban J connectivity index is 1.53. The van der Waals surface area contributed by atoms with Gasteiger partial charge in [-0.05, 0) is 49.1 Å². The monoisotopic (exact) mass is 459 g/mol. The molecule has 1 aliphatic heterocycles. The summed E-state index contributed by atoms with van der Waals surface area (Å²) in [4.78, 5) is 9.90. The highest BCUT2D eigenvalue weighted by atomic mass is 15.2. The number of nitrogens with two attached hydrogens (primary N) is 1. The Bertz CT molecular complexity index is 1570. The van der Waals surface area contributed by atoms with E-state index in [0.717, 1.165) is 63.9 Å². The van der Waals surface area contributed by atoms with Crippen LogP contribution in [-0.2, 0) is 12.6 Å². The van der Waals surface area contributed by atoms with Gasteiger partial charge in [0.05, 0.1) is 23.3 Å². The normalized spacial score (nSPS) is 15.3. The minimum absolute atomic E-state index is 0.196. The van der Waals surface area contributed by atoms with E-state index in [1.54, 1.807) is 0 Å². The fourth-order valence-corrected chi connectivity index (χ4v) is 5.24. The zero-order valence-electron chi connectivity index (χ0n) is 19.4. The summed E-state index contributed by atoms with van der Waals surface area (Å²) in [6.07, 6.45) is 8.96. The maximum atomic E-state index is 6.62. The number of fused-ring (bicyclic) bond motifs is 5. The predicted octanol–water partition coefficient (Wildman–Crippen LogP) is 5.40. The molecule has 0 spiro atoms. The van der Waals surface area contributed by atoms with Crippen molar-refractivity contribution in [3.63, 3.8) is 0 Å². The number of para-hydroxylation sites is 1. The van der Waals surface area contributed by atoms with Gasteiger partial charge >= 0.3 is 0 Å². The average molecular weight is 460 g/mol. The number of aromatic nitrogens is 5. The summed E-state index contributed by atoms with van der Waals surface area (Å²) in [7, 11) is 1.93. The summed E-state index contributed by atoms with van der Waals surface area (Å²) in [5, 5.41) is 7.95. The van der Waals surface area contributed by atoms with Crippen LogP contribution in [0.4, 0.5) is 11.5 Å². The molecule has 0 amide bonds. The van der Waals surface area contributed by atoms with Crippen LogP contribution in [0, 0.1) is 0 Å². The van der Waals surface area contributed by atoms with Crippen molar-refractivity contribution in [2.24, 2.45) is 12.8 Å². The summed E-state index contributed by atoms with van der Waals surface area (Å²) < 4.78 is 4.03. The molecular formula is C28H25N7. The standard InChI is InChI=1S/C28H25N7/c1-34-17-19(16-31-34)24-25(18-9-11-20(12-10-18)28(29)13-5-14-28)35-23-8-4-15-30-26(23)32-22-7-3-2-6-21(22)27(35)33-24/h2-4,6-12,15-17H,5,13-14,29H2,1H3,(H,30,32). The molecule has 5 aromatic rings. The fourth-order valence-electron chi connectivity index (χ4n) is 5.24. The first-order chi connectivity index (χ1) is 17.1. The lowest BCUT2D eigenvalue weighted by molar-refractivity contribution is 0.253. The third-order valence-electron chi connectivity index (χ3n) is 7.28. The van der Waals surface area contributed by atoms with Crippen LogP contribution >= 0.6 is 0 Å². The van der Waals surface area contributed by atoms with Crippen molar-refractivity contribution in [1.82, 2.24) is 24.3 Å². The van der Waals surface area contributed by atoms with Crippen LogP contribution in [0.5, 0.6) is 0 Å². The Kier molecular flexibility index (Phi) is 4.25. The van der Waals surface area contributed by atoms with E-state index in [4.69, 9.17) is 10.7 Å². The van der Waals surface area contributed by atoms with E-state index in [1.807, 2.05) is 48.5 Å². The molecule has 35 heavy (non-hydrogen) atoms. The molecule has 3 N–H and O–H groups in total. The molecule has 0 unspecified atom stereocenters. The van der Waals surface area contributed by atoms with E-state index in [2.05, 4.69) is 62.4 Å². The number of aryl methyl sites for hydroxylation is 1. The van der Waals surface area contributed by atoms with E-state index in [1.165, 1.54) is 12.0 Å². The maximum absolute atomic E-state index is 6.62. The minimum atomic E-state index is -0.196. The predicted molar refractivity (Wildman–Crippen MR) is 137 cm³/mol. The van der Waals surface area contributed by atoms with Crippen molar-refractivity contribution in [1.29, 1.82) is 0 Å². The number of anilines is 2. The van der Waals surface area contributed by atoms with E-state index in [-0.39, 0.29) is 5.54 Å². The van der Waals surface area contributed by atoms with E-state index in [0.29, 0.717) is 0 Å². The zero-order valence-corrected chi connectivity index (χ0v) is 19.4. The van der Waals surface area contributed by atoms with Gasteiger partial charge in [0.25, 0.3) is 0 Å². The van der Waals surface area contributed by atoms with Crippen LogP contribution in [0.25, 0.3) is 39.6 Å². The molecule has 7 heteroatoms. The maximum Gasteiger partial charge on any atom is 0.154 e. The van der Waals surface area contributed by atoms with E-state index < -0.39 is 0 Å². The van der Waals surface area contributed by atoms with Gasteiger partial charge in [-0.3, -0.25) is 9.25 Å². The Morgan fingerprint density at radius 1 is 0.971 bits per heavy atom. The second-order valence-corrected chi connectivity index (χ2v) is 9.50. The van der Waals surface area contributed by atoms with Gasteiger partial charge in [-0.2, -0.15) is 5.10 Å². The molecule has 0 radical (unpaired) electrons. The average Bonchev–Trinajstić information content (AvgIpc) is 3.44. The van der Waals surface area contributed by atoms with Crippen molar-refractivity contribution in [2.75, 3.05) is 5.32 Å². The summed E-state index contributed by atoms with van der Waals surface area (Å²) >= 11 is 0. The van der Waals surface area contributed by atoms with Crippen molar-refractivity contribution in [2.45, 2.75) is 24.8 Å².